The minimum Gasteiger partial charge on any atom is -0.478 e. The van der Waals surface area contributed by atoms with Crippen LogP contribution in [0.2, 0.25) is 0 Å². The third-order valence-electron chi connectivity index (χ3n) is 3.01. The Morgan fingerprint density at radius 2 is 1.45 bits per heavy atom. The Morgan fingerprint density at radius 1 is 1.00 bits per heavy atom. The summed E-state index contributed by atoms with van der Waals surface area (Å²) in [5.74, 6) is -4.63. The van der Waals surface area contributed by atoms with Crippen LogP contribution in [0.5, 0.6) is 0 Å². The zero-order valence-electron chi connectivity index (χ0n) is 11.3. The maximum atomic E-state index is 11.4. The second kappa shape index (κ2) is 7.67. The molecule has 8 heteroatoms. The molecular weight excluding hydrogens is 272 g/mol. The molecule has 0 aliphatic heterocycles. The van der Waals surface area contributed by atoms with Crippen molar-refractivity contribution in [1.29, 1.82) is 0 Å². The van der Waals surface area contributed by atoms with Crippen LogP contribution < -0.4 is 0 Å². The van der Waals surface area contributed by atoms with Crippen molar-refractivity contribution < 1.29 is 40.5 Å². The average Bonchev–Trinajstić information content (AvgIpc) is 2.33. The van der Waals surface area contributed by atoms with Crippen molar-refractivity contribution in [3.63, 3.8) is 0 Å². The second-order valence-corrected chi connectivity index (χ2v) is 4.74. The lowest BCUT2D eigenvalue weighted by Crippen LogP contribution is -2.41. The summed E-state index contributed by atoms with van der Waals surface area (Å²) in [6.45, 7) is -0.829. The third-order valence-corrected chi connectivity index (χ3v) is 3.01. The van der Waals surface area contributed by atoms with E-state index in [4.69, 9.17) is 15.3 Å². The number of carboxylic acid groups (broad SMARTS) is 1. The van der Waals surface area contributed by atoms with Crippen molar-refractivity contribution in [1.82, 2.24) is 0 Å². The van der Waals surface area contributed by atoms with Gasteiger partial charge >= 0.3 is 5.97 Å². The van der Waals surface area contributed by atoms with Gasteiger partial charge in [-0.3, -0.25) is 0 Å². The highest BCUT2D eigenvalue weighted by atomic mass is 16.7. The smallest absolute Gasteiger partial charge is 0.332 e. The molecule has 0 radical (unpaired) electrons. The number of hydrogen-bond donors (Lipinski definition) is 7. The number of aliphatic carboxylic acids is 1. The molecule has 0 atom stereocenters. The highest BCUT2D eigenvalue weighted by Gasteiger charge is 2.40. The first-order valence-electron chi connectivity index (χ1n) is 6.13. The molecule has 0 aromatic heterocycles. The second-order valence-electron chi connectivity index (χ2n) is 4.74. The fraction of sp³-hybridized carbons (Fsp3) is 0.750. The molecule has 0 saturated carbocycles. The number of aliphatic hydroxyl groups is 6. The highest BCUT2D eigenvalue weighted by Crippen LogP contribution is 2.33. The molecule has 0 amide bonds. The van der Waals surface area contributed by atoms with Gasteiger partial charge in [-0.05, 0) is 6.42 Å². The van der Waals surface area contributed by atoms with Gasteiger partial charge in [0.2, 0.25) is 0 Å². The van der Waals surface area contributed by atoms with E-state index in [1.807, 2.05) is 0 Å². The van der Waals surface area contributed by atoms with Crippen molar-refractivity contribution in [3.05, 3.63) is 11.1 Å². The molecule has 0 fully saturated rings. The summed E-state index contributed by atoms with van der Waals surface area (Å²) in [5, 5.41) is 64.3. The molecule has 0 saturated heterocycles. The molecule has 8 nitrogen and oxygen atoms in total. The molecule has 20 heavy (non-hydrogen) atoms. The van der Waals surface area contributed by atoms with Crippen LogP contribution in [-0.4, -0.2) is 67.5 Å². The van der Waals surface area contributed by atoms with Crippen molar-refractivity contribution in [2.45, 2.75) is 32.2 Å². The van der Waals surface area contributed by atoms with Crippen LogP contribution in [-0.2, 0) is 4.79 Å². The number of carbonyl (C=O) groups is 1. The summed E-state index contributed by atoms with van der Waals surface area (Å²) in [6, 6.07) is 0. The summed E-state index contributed by atoms with van der Waals surface area (Å²) in [7, 11) is 0. The first-order valence-corrected chi connectivity index (χ1v) is 6.13. The first-order chi connectivity index (χ1) is 9.17. The molecule has 0 rings (SSSR count). The van der Waals surface area contributed by atoms with E-state index in [-0.39, 0.29) is 12.0 Å². The topological polar surface area (TPSA) is 159 Å². The molecule has 0 unspecified atom stereocenters. The first kappa shape index (κ1) is 19.0. The van der Waals surface area contributed by atoms with E-state index in [2.05, 4.69) is 0 Å². The lowest BCUT2D eigenvalue weighted by atomic mass is 9.77. The normalized spacial score (nSPS) is 14.2. The fourth-order valence-electron chi connectivity index (χ4n) is 2.03. The van der Waals surface area contributed by atoms with E-state index in [0.29, 0.717) is 6.42 Å². The molecule has 0 aliphatic carbocycles. The highest BCUT2D eigenvalue weighted by molar-refractivity contribution is 5.89. The van der Waals surface area contributed by atoms with E-state index in [1.165, 1.54) is 0 Å². The largest absolute Gasteiger partial charge is 0.478 e. The van der Waals surface area contributed by atoms with Crippen molar-refractivity contribution in [2.24, 2.45) is 5.41 Å². The van der Waals surface area contributed by atoms with Crippen LogP contribution in [0, 0.1) is 5.41 Å². The van der Waals surface area contributed by atoms with Crippen LogP contribution in [0.1, 0.15) is 26.2 Å². The quantitative estimate of drug-likeness (QED) is 0.193. The number of hydrogen-bond acceptors (Lipinski definition) is 7. The molecule has 0 spiro atoms. The van der Waals surface area contributed by atoms with E-state index < -0.39 is 49.2 Å². The standard InChI is InChI=1S/C12H22O8/c1-2-3-8(4-12(18,19)20)9(10(16)17)11(5-13,6-14)7-15/h13-15,18-20H,2-7H2,1H3,(H,16,17). The van der Waals surface area contributed by atoms with Crippen LogP contribution in [0.25, 0.3) is 0 Å². The third kappa shape index (κ3) is 4.82. The minimum absolute atomic E-state index is 0.0651. The Morgan fingerprint density at radius 3 is 1.70 bits per heavy atom. The van der Waals surface area contributed by atoms with Gasteiger partial charge in [-0.25, -0.2) is 4.79 Å². The summed E-state index contributed by atoms with van der Waals surface area (Å²) in [6.07, 6.45) is -0.266. The van der Waals surface area contributed by atoms with E-state index in [0.717, 1.165) is 0 Å². The minimum atomic E-state index is -3.11. The van der Waals surface area contributed by atoms with Gasteiger partial charge in [0.15, 0.2) is 0 Å². The Hall–Kier alpha value is -1.03. The van der Waals surface area contributed by atoms with E-state index >= 15 is 0 Å². The lowest BCUT2D eigenvalue weighted by molar-refractivity contribution is -0.309. The number of rotatable bonds is 9. The summed E-state index contributed by atoms with van der Waals surface area (Å²) in [4.78, 5) is 11.4. The van der Waals surface area contributed by atoms with Crippen LogP contribution >= 0.6 is 0 Å². The van der Waals surface area contributed by atoms with Gasteiger partial charge < -0.3 is 35.7 Å². The molecule has 0 aliphatic rings. The van der Waals surface area contributed by atoms with Gasteiger partial charge in [0, 0.05) is 5.57 Å². The van der Waals surface area contributed by atoms with Gasteiger partial charge in [-0.2, -0.15) is 0 Å². The molecule has 0 heterocycles. The Labute approximate surface area is 116 Å². The Bertz CT molecular complexity index is 343. The molecular formula is C12H22O8. The Kier molecular flexibility index (Phi) is 7.28. The monoisotopic (exact) mass is 294 g/mol. The van der Waals surface area contributed by atoms with Crippen molar-refractivity contribution in [2.75, 3.05) is 19.8 Å². The zero-order chi connectivity index (χ0) is 16.0. The van der Waals surface area contributed by atoms with E-state index in [9.17, 15) is 25.2 Å². The van der Waals surface area contributed by atoms with Crippen LogP contribution in [0.3, 0.4) is 0 Å². The van der Waals surface area contributed by atoms with Crippen molar-refractivity contribution in [3.8, 4) is 0 Å². The van der Waals surface area contributed by atoms with Gasteiger partial charge in [0.1, 0.15) is 0 Å². The number of aliphatic hydroxyl groups excluding tert-OH is 3. The SMILES string of the molecule is CCCC(CC(O)(O)O)=C(C(=O)O)C(CO)(CO)CO. The molecule has 118 valence electrons. The Balaban J connectivity index is 5.99. The van der Waals surface area contributed by atoms with Gasteiger partial charge in [0.25, 0.3) is 5.97 Å². The molecule has 0 aromatic rings. The summed E-state index contributed by atoms with van der Waals surface area (Å²) < 4.78 is 0. The van der Waals surface area contributed by atoms with Gasteiger partial charge in [-0.1, -0.05) is 18.9 Å². The average molecular weight is 294 g/mol. The van der Waals surface area contributed by atoms with Gasteiger partial charge in [-0.15, -0.1) is 0 Å². The fourth-order valence-corrected chi connectivity index (χ4v) is 2.03. The predicted molar refractivity (Wildman–Crippen MR) is 67.3 cm³/mol. The zero-order valence-corrected chi connectivity index (χ0v) is 11.3. The lowest BCUT2D eigenvalue weighted by Gasteiger charge is -2.31. The van der Waals surface area contributed by atoms with Gasteiger partial charge in [0.05, 0.1) is 31.7 Å². The summed E-state index contributed by atoms with van der Waals surface area (Å²) in [5.41, 5.74) is -2.42. The van der Waals surface area contributed by atoms with Crippen LogP contribution in [0.15, 0.2) is 11.1 Å². The number of carboxylic acids is 1. The molecule has 0 aromatic carbocycles. The predicted octanol–water partition coefficient (Wildman–Crippen LogP) is -1.85. The molecule has 0 bridgehead atoms. The van der Waals surface area contributed by atoms with Crippen LogP contribution in [0.4, 0.5) is 0 Å². The van der Waals surface area contributed by atoms with E-state index in [1.54, 1.807) is 6.92 Å². The summed E-state index contributed by atoms with van der Waals surface area (Å²) >= 11 is 0. The maximum Gasteiger partial charge on any atom is 0.332 e. The van der Waals surface area contributed by atoms with Crippen molar-refractivity contribution >= 4 is 5.97 Å². The maximum absolute atomic E-state index is 11.4. The molecule has 7 N–H and O–H groups in total.